The van der Waals surface area contributed by atoms with E-state index in [1.165, 1.54) is 16.0 Å². The summed E-state index contributed by atoms with van der Waals surface area (Å²) in [4.78, 5) is 17.4. The maximum atomic E-state index is 12.9. The highest BCUT2D eigenvalue weighted by atomic mass is 32.1. The molecule has 0 radical (unpaired) electrons. The largest absolute Gasteiger partial charge is 0.379 e. The highest BCUT2D eigenvalue weighted by Gasteiger charge is 2.22. The lowest BCUT2D eigenvalue weighted by atomic mass is 10.0. The van der Waals surface area contributed by atoms with Crippen LogP contribution in [0.1, 0.15) is 25.7 Å². The van der Waals surface area contributed by atoms with Crippen molar-refractivity contribution in [3.63, 3.8) is 0 Å². The number of fused-ring (bicyclic) bond motifs is 1. The summed E-state index contributed by atoms with van der Waals surface area (Å²) in [7, 11) is 0. The van der Waals surface area contributed by atoms with Gasteiger partial charge in [0.2, 0.25) is 0 Å². The molecule has 1 N–H and O–H groups in total. The Kier molecular flexibility index (Phi) is 6.19. The number of morpholine rings is 1. The Morgan fingerprint density at radius 2 is 1.96 bits per heavy atom. The van der Waals surface area contributed by atoms with Gasteiger partial charge in [-0.3, -0.25) is 9.69 Å². The third kappa shape index (κ3) is 4.96. The van der Waals surface area contributed by atoms with Crippen molar-refractivity contribution in [2.45, 2.75) is 25.5 Å². The van der Waals surface area contributed by atoms with E-state index in [1.807, 2.05) is 12.1 Å². The smallest absolute Gasteiger partial charge is 0.261 e. The third-order valence-corrected chi connectivity index (χ3v) is 6.33. The molecule has 0 bridgehead atoms. The Morgan fingerprint density at radius 3 is 2.74 bits per heavy atom. The van der Waals surface area contributed by atoms with Crippen LogP contribution in [0, 0.1) is 0 Å². The number of ether oxygens (including phenoxy) is 2. The van der Waals surface area contributed by atoms with Crippen molar-refractivity contribution in [1.82, 2.24) is 10.2 Å². The van der Waals surface area contributed by atoms with Crippen LogP contribution in [0.25, 0.3) is 0 Å². The van der Waals surface area contributed by atoms with E-state index in [1.54, 1.807) is 11.3 Å². The lowest BCUT2D eigenvalue weighted by Gasteiger charge is -2.31. The van der Waals surface area contributed by atoms with Crippen molar-refractivity contribution >= 4 is 17.2 Å². The van der Waals surface area contributed by atoms with E-state index in [9.17, 15) is 4.79 Å². The lowest BCUT2D eigenvalue weighted by Crippen LogP contribution is -2.48. The summed E-state index contributed by atoms with van der Waals surface area (Å²) in [6, 6.07) is 12.5. The van der Waals surface area contributed by atoms with Gasteiger partial charge in [0.05, 0.1) is 31.3 Å². The number of thiophene rings is 1. The van der Waals surface area contributed by atoms with Gasteiger partial charge in [-0.15, -0.1) is 11.3 Å². The zero-order valence-electron chi connectivity index (χ0n) is 15.5. The van der Waals surface area contributed by atoms with Crippen LogP contribution < -0.4 is 5.32 Å². The monoisotopic (exact) mass is 386 g/mol. The zero-order valence-corrected chi connectivity index (χ0v) is 16.3. The number of nitrogens with zero attached hydrogens (tertiary/aromatic N) is 1. The first-order chi connectivity index (χ1) is 13.3. The van der Waals surface area contributed by atoms with Crippen LogP contribution in [-0.4, -0.2) is 56.3 Å². The molecular weight excluding hydrogens is 360 g/mol. The molecule has 4 rings (SSSR count). The lowest BCUT2D eigenvalue weighted by molar-refractivity contribution is 0.0334. The first kappa shape index (κ1) is 18.6. The molecule has 1 saturated heterocycles. The minimum absolute atomic E-state index is 0.0311. The van der Waals surface area contributed by atoms with Gasteiger partial charge in [-0.25, -0.2) is 0 Å². The maximum absolute atomic E-state index is 12.9. The van der Waals surface area contributed by atoms with Crippen molar-refractivity contribution in [2.24, 2.45) is 0 Å². The van der Waals surface area contributed by atoms with Crippen LogP contribution in [0.2, 0.25) is 0 Å². The number of benzene rings is 1. The number of hydrogen-bond donors (Lipinski definition) is 1. The fourth-order valence-electron chi connectivity index (χ4n) is 3.67. The molecule has 3 heterocycles. The van der Waals surface area contributed by atoms with E-state index in [0.717, 1.165) is 57.2 Å². The van der Waals surface area contributed by atoms with Crippen molar-refractivity contribution in [3.05, 3.63) is 57.3 Å². The average molecular weight is 387 g/mol. The van der Waals surface area contributed by atoms with Gasteiger partial charge in [0.15, 0.2) is 0 Å². The summed E-state index contributed by atoms with van der Waals surface area (Å²) in [5.41, 5.74) is 2.42. The summed E-state index contributed by atoms with van der Waals surface area (Å²) in [6.45, 7) is 5.60. The third-order valence-electron chi connectivity index (χ3n) is 5.09. The van der Waals surface area contributed by atoms with Crippen molar-refractivity contribution in [2.75, 3.05) is 39.5 Å². The van der Waals surface area contributed by atoms with Crippen LogP contribution in [0.15, 0.2) is 36.4 Å². The molecule has 0 spiro atoms. The predicted molar refractivity (Wildman–Crippen MR) is 106 cm³/mol. The second kappa shape index (κ2) is 8.97. The molecule has 0 aliphatic carbocycles. The summed E-state index contributed by atoms with van der Waals surface area (Å²) in [6.07, 6.45) is 1.74. The van der Waals surface area contributed by atoms with Gasteiger partial charge < -0.3 is 14.8 Å². The SMILES string of the molecule is O=C(NC(Cc1ccccc1)CN1CCOCC1)c1cc2c(s1)CCOC2. The summed E-state index contributed by atoms with van der Waals surface area (Å²) in [5, 5.41) is 3.29. The molecule has 2 aliphatic heterocycles. The van der Waals surface area contributed by atoms with Gasteiger partial charge in [0.25, 0.3) is 5.91 Å². The van der Waals surface area contributed by atoms with Gasteiger partial charge in [0.1, 0.15) is 0 Å². The maximum Gasteiger partial charge on any atom is 0.261 e. The number of amides is 1. The zero-order chi connectivity index (χ0) is 18.5. The second-order valence-corrected chi connectivity index (χ2v) is 8.27. The number of carbonyl (C=O) groups is 1. The van der Waals surface area contributed by atoms with Crippen LogP contribution in [0.5, 0.6) is 0 Å². The topological polar surface area (TPSA) is 50.8 Å². The summed E-state index contributed by atoms with van der Waals surface area (Å²) < 4.78 is 11.0. The molecule has 27 heavy (non-hydrogen) atoms. The summed E-state index contributed by atoms with van der Waals surface area (Å²) in [5.74, 6) is 0.0311. The second-order valence-electron chi connectivity index (χ2n) is 7.13. The van der Waals surface area contributed by atoms with E-state index < -0.39 is 0 Å². The van der Waals surface area contributed by atoms with Crippen molar-refractivity contribution in [1.29, 1.82) is 0 Å². The van der Waals surface area contributed by atoms with E-state index >= 15 is 0 Å². The molecule has 5 nitrogen and oxygen atoms in total. The van der Waals surface area contributed by atoms with Gasteiger partial charge in [-0.1, -0.05) is 30.3 Å². The van der Waals surface area contributed by atoms with Crippen LogP contribution in [0.3, 0.4) is 0 Å². The predicted octanol–water partition coefficient (Wildman–Crippen LogP) is 2.49. The van der Waals surface area contributed by atoms with Crippen LogP contribution in [0.4, 0.5) is 0 Å². The van der Waals surface area contributed by atoms with Gasteiger partial charge in [-0.2, -0.15) is 0 Å². The molecular formula is C21H26N2O3S. The summed E-state index contributed by atoms with van der Waals surface area (Å²) >= 11 is 1.61. The number of rotatable bonds is 6. The highest BCUT2D eigenvalue weighted by Crippen LogP contribution is 2.27. The fraction of sp³-hybridized carbons (Fsp3) is 0.476. The standard InChI is InChI=1S/C21H26N2O3S/c24-21(20-13-17-15-26-9-6-19(17)27-20)22-18(12-16-4-2-1-3-5-16)14-23-7-10-25-11-8-23/h1-5,13,18H,6-12,14-15H2,(H,22,24). The number of nitrogens with one attached hydrogen (secondary N) is 1. The van der Waals surface area contributed by atoms with E-state index in [2.05, 4.69) is 34.5 Å². The Labute approximate surface area is 164 Å². The van der Waals surface area contributed by atoms with Gasteiger partial charge in [0, 0.05) is 37.0 Å². The molecule has 2 aliphatic rings. The molecule has 1 atom stereocenters. The van der Waals surface area contributed by atoms with Gasteiger partial charge in [-0.05, 0) is 23.6 Å². The number of hydrogen-bond acceptors (Lipinski definition) is 5. The molecule has 1 aromatic carbocycles. The first-order valence-corrected chi connectivity index (χ1v) is 10.4. The van der Waals surface area contributed by atoms with Gasteiger partial charge >= 0.3 is 0 Å². The van der Waals surface area contributed by atoms with E-state index in [4.69, 9.17) is 9.47 Å². The van der Waals surface area contributed by atoms with Crippen LogP contribution in [-0.2, 0) is 28.9 Å². The molecule has 0 saturated carbocycles. The molecule has 6 heteroatoms. The fourth-order valence-corrected chi connectivity index (χ4v) is 4.72. The Balaban J connectivity index is 1.45. The molecule has 1 amide bonds. The Morgan fingerprint density at radius 1 is 1.15 bits per heavy atom. The Hall–Kier alpha value is -1.73. The van der Waals surface area contributed by atoms with Crippen molar-refractivity contribution < 1.29 is 14.3 Å². The Bertz CT molecular complexity index is 733. The first-order valence-electron chi connectivity index (χ1n) is 9.62. The van der Waals surface area contributed by atoms with E-state index in [-0.39, 0.29) is 11.9 Å². The number of carbonyl (C=O) groups excluding carboxylic acids is 1. The minimum atomic E-state index is 0.0311. The highest BCUT2D eigenvalue weighted by molar-refractivity contribution is 7.14. The normalized spacial score (nSPS) is 18.7. The molecule has 1 unspecified atom stereocenters. The van der Waals surface area contributed by atoms with Crippen molar-refractivity contribution in [3.8, 4) is 0 Å². The quantitative estimate of drug-likeness (QED) is 0.829. The molecule has 1 fully saturated rings. The minimum Gasteiger partial charge on any atom is -0.379 e. The molecule has 144 valence electrons. The molecule has 2 aromatic rings. The van der Waals surface area contributed by atoms with Crippen LogP contribution >= 0.6 is 11.3 Å². The average Bonchev–Trinajstić information content (AvgIpc) is 3.14. The molecule has 1 aromatic heterocycles. The van der Waals surface area contributed by atoms with E-state index in [0.29, 0.717) is 6.61 Å².